The van der Waals surface area contributed by atoms with Crippen LogP contribution in [0, 0.1) is 12.8 Å². The van der Waals surface area contributed by atoms with Crippen LogP contribution >= 0.6 is 0 Å². The average molecular weight is 392 g/mol. The van der Waals surface area contributed by atoms with Crippen molar-refractivity contribution in [1.29, 1.82) is 0 Å². The van der Waals surface area contributed by atoms with E-state index in [1.54, 1.807) is 23.2 Å². The van der Waals surface area contributed by atoms with E-state index in [2.05, 4.69) is 4.98 Å². The number of carbonyl (C=O) groups excluding carboxylic acids is 2. The highest BCUT2D eigenvalue weighted by Gasteiger charge is 2.35. The predicted octanol–water partition coefficient (Wildman–Crippen LogP) is 3.49. The van der Waals surface area contributed by atoms with Crippen molar-refractivity contribution in [3.8, 4) is 11.6 Å². The highest BCUT2D eigenvalue weighted by molar-refractivity contribution is 6.04. The molecule has 2 heterocycles. The van der Waals surface area contributed by atoms with Crippen molar-refractivity contribution in [3.05, 3.63) is 47.2 Å². The second-order valence-electron chi connectivity index (χ2n) is 8.18. The minimum absolute atomic E-state index is 0.0798. The lowest BCUT2D eigenvalue weighted by Crippen LogP contribution is -2.32. The van der Waals surface area contributed by atoms with Crippen LogP contribution in [0.4, 0.5) is 5.69 Å². The van der Waals surface area contributed by atoms with Crippen LogP contribution in [0.1, 0.15) is 47.2 Å². The Balaban J connectivity index is 1.26. The Morgan fingerprint density at radius 2 is 2.00 bits per heavy atom. The summed E-state index contributed by atoms with van der Waals surface area (Å²) in [4.78, 5) is 31.1. The summed E-state index contributed by atoms with van der Waals surface area (Å²) < 4.78 is 11.5. The Bertz CT molecular complexity index is 966. The maximum atomic E-state index is 12.9. The lowest BCUT2D eigenvalue weighted by atomic mass is 10.0. The maximum Gasteiger partial charge on any atom is 0.268 e. The molecular formula is C23H24N2O4. The molecule has 150 valence electrons. The number of Topliss-reactive ketones (excluding diaryl/α,β-unsaturated/α-hetero) is 1. The third-order valence-corrected chi connectivity index (χ3v) is 5.98. The zero-order valence-electron chi connectivity index (χ0n) is 16.5. The average Bonchev–Trinajstić information content (AvgIpc) is 3.38. The van der Waals surface area contributed by atoms with Gasteiger partial charge in [-0.1, -0.05) is 0 Å². The number of aromatic nitrogens is 1. The summed E-state index contributed by atoms with van der Waals surface area (Å²) in [6.45, 7) is 3.30. The fourth-order valence-corrected chi connectivity index (χ4v) is 4.10. The summed E-state index contributed by atoms with van der Waals surface area (Å²) >= 11 is 0. The number of fused-ring (bicyclic) bond motifs is 1. The van der Waals surface area contributed by atoms with Gasteiger partial charge in [0.25, 0.3) is 5.91 Å². The molecule has 2 fully saturated rings. The van der Waals surface area contributed by atoms with Gasteiger partial charge in [0.15, 0.2) is 11.9 Å². The molecule has 5 rings (SSSR count). The quantitative estimate of drug-likeness (QED) is 0.753. The molecule has 6 nitrogen and oxygen atoms in total. The number of benzene rings is 1. The van der Waals surface area contributed by atoms with Crippen LogP contribution in [-0.2, 0) is 11.2 Å². The monoisotopic (exact) mass is 392 g/mol. The van der Waals surface area contributed by atoms with Crippen LogP contribution in [-0.4, -0.2) is 35.9 Å². The van der Waals surface area contributed by atoms with Crippen molar-refractivity contribution in [2.75, 3.05) is 18.1 Å². The molecule has 6 heteroatoms. The molecule has 0 N–H and O–H groups in total. The smallest absolute Gasteiger partial charge is 0.268 e. The fourth-order valence-electron chi connectivity index (χ4n) is 4.10. The van der Waals surface area contributed by atoms with E-state index >= 15 is 0 Å². The predicted molar refractivity (Wildman–Crippen MR) is 108 cm³/mol. The van der Waals surface area contributed by atoms with Gasteiger partial charge in [-0.25, -0.2) is 4.98 Å². The molecule has 1 saturated heterocycles. The third-order valence-electron chi connectivity index (χ3n) is 5.98. The number of rotatable bonds is 6. The largest absolute Gasteiger partial charge is 0.479 e. The Hall–Kier alpha value is -2.89. The van der Waals surface area contributed by atoms with E-state index in [1.165, 1.54) is 12.8 Å². The second-order valence-corrected chi connectivity index (χ2v) is 8.18. The summed E-state index contributed by atoms with van der Waals surface area (Å²) in [5.74, 6) is 1.91. The Kier molecular flexibility index (Phi) is 4.49. The van der Waals surface area contributed by atoms with Gasteiger partial charge in [0.05, 0.1) is 12.8 Å². The zero-order chi connectivity index (χ0) is 20.0. The minimum atomic E-state index is -0.542. The lowest BCUT2D eigenvalue weighted by Gasteiger charge is -2.19. The van der Waals surface area contributed by atoms with E-state index in [9.17, 15) is 9.59 Å². The van der Waals surface area contributed by atoms with Crippen molar-refractivity contribution >= 4 is 17.4 Å². The van der Waals surface area contributed by atoms with Crippen molar-refractivity contribution in [3.63, 3.8) is 0 Å². The summed E-state index contributed by atoms with van der Waals surface area (Å²) in [5.41, 5.74) is 3.75. The standard InChI is InChI=1S/C23H24N2O4/c1-14-10-16(11-19-18(14)5-6-20(19)26)25-9-8-21(23(25)27)29-17-4-7-22(24-12-17)28-13-15-2-3-15/h4,7,10-12,15,21H,2-3,5-6,8-9,13H2,1H3. The maximum absolute atomic E-state index is 12.9. The molecular weight excluding hydrogens is 368 g/mol. The van der Waals surface area contributed by atoms with E-state index in [0.717, 1.165) is 28.8 Å². The third kappa shape index (κ3) is 3.59. The first-order chi connectivity index (χ1) is 14.1. The van der Waals surface area contributed by atoms with E-state index in [1.807, 2.05) is 19.1 Å². The molecule has 1 saturated carbocycles. The number of ether oxygens (including phenoxy) is 2. The van der Waals surface area contributed by atoms with Crippen molar-refractivity contribution in [1.82, 2.24) is 4.98 Å². The highest BCUT2D eigenvalue weighted by Crippen LogP contribution is 2.33. The van der Waals surface area contributed by atoms with Crippen LogP contribution in [0.3, 0.4) is 0 Å². The van der Waals surface area contributed by atoms with Gasteiger partial charge in [-0.3, -0.25) is 9.59 Å². The number of carbonyl (C=O) groups is 2. The molecule has 2 aliphatic carbocycles. The van der Waals surface area contributed by atoms with Gasteiger partial charge in [0, 0.05) is 36.7 Å². The Morgan fingerprint density at radius 1 is 1.14 bits per heavy atom. The van der Waals surface area contributed by atoms with Gasteiger partial charge in [-0.15, -0.1) is 0 Å². The number of aryl methyl sites for hydroxylation is 1. The van der Waals surface area contributed by atoms with Crippen LogP contribution in [0.25, 0.3) is 0 Å². The van der Waals surface area contributed by atoms with Crippen LogP contribution in [0.15, 0.2) is 30.5 Å². The number of nitrogens with zero attached hydrogens (tertiary/aromatic N) is 2. The minimum Gasteiger partial charge on any atom is -0.479 e. The SMILES string of the molecule is Cc1cc(N2CCC(Oc3ccc(OCC4CC4)nc3)C2=O)cc2c1CCC2=O. The summed E-state index contributed by atoms with van der Waals surface area (Å²) in [5, 5.41) is 0. The first-order valence-electron chi connectivity index (χ1n) is 10.3. The molecule has 1 aromatic heterocycles. The number of amides is 1. The molecule has 1 unspecified atom stereocenters. The second kappa shape index (κ2) is 7.17. The first kappa shape index (κ1) is 18.2. The van der Waals surface area contributed by atoms with E-state index < -0.39 is 6.10 Å². The summed E-state index contributed by atoms with van der Waals surface area (Å²) in [7, 11) is 0. The molecule has 1 amide bonds. The molecule has 0 bridgehead atoms. The van der Waals surface area contributed by atoms with E-state index in [4.69, 9.17) is 9.47 Å². The molecule has 0 radical (unpaired) electrons. The van der Waals surface area contributed by atoms with Gasteiger partial charge in [-0.05, 0) is 61.4 Å². The molecule has 0 spiro atoms. The van der Waals surface area contributed by atoms with Crippen LogP contribution in [0.5, 0.6) is 11.6 Å². The molecule has 1 atom stereocenters. The fraction of sp³-hybridized carbons (Fsp3) is 0.435. The van der Waals surface area contributed by atoms with Crippen LogP contribution < -0.4 is 14.4 Å². The normalized spacial score (nSPS) is 20.9. The number of ketones is 1. The molecule has 1 aromatic carbocycles. The number of hydrogen-bond acceptors (Lipinski definition) is 5. The van der Waals surface area contributed by atoms with Crippen molar-refractivity contribution < 1.29 is 19.1 Å². The number of anilines is 1. The lowest BCUT2D eigenvalue weighted by molar-refractivity contribution is -0.122. The van der Waals surface area contributed by atoms with Crippen molar-refractivity contribution in [2.24, 2.45) is 5.92 Å². The summed E-state index contributed by atoms with van der Waals surface area (Å²) in [6, 6.07) is 7.45. The Labute approximate surface area is 169 Å². The van der Waals surface area contributed by atoms with Crippen LogP contribution in [0.2, 0.25) is 0 Å². The molecule has 2 aromatic rings. The Morgan fingerprint density at radius 3 is 2.76 bits per heavy atom. The highest BCUT2D eigenvalue weighted by atomic mass is 16.5. The summed E-state index contributed by atoms with van der Waals surface area (Å²) in [6.07, 6.45) is 5.50. The van der Waals surface area contributed by atoms with Gasteiger partial charge < -0.3 is 14.4 Å². The van der Waals surface area contributed by atoms with Crippen molar-refractivity contribution in [2.45, 2.75) is 45.1 Å². The number of hydrogen-bond donors (Lipinski definition) is 0. The zero-order valence-corrected chi connectivity index (χ0v) is 16.5. The van der Waals surface area contributed by atoms with Gasteiger partial charge in [0.1, 0.15) is 5.75 Å². The van der Waals surface area contributed by atoms with Gasteiger partial charge in [0.2, 0.25) is 5.88 Å². The van der Waals surface area contributed by atoms with E-state index in [-0.39, 0.29) is 11.7 Å². The molecule has 3 aliphatic rings. The van der Waals surface area contributed by atoms with Gasteiger partial charge >= 0.3 is 0 Å². The first-order valence-corrected chi connectivity index (χ1v) is 10.3. The van der Waals surface area contributed by atoms with Gasteiger partial charge in [-0.2, -0.15) is 0 Å². The number of pyridine rings is 1. The molecule has 1 aliphatic heterocycles. The molecule has 29 heavy (non-hydrogen) atoms. The van der Waals surface area contributed by atoms with E-state index in [0.29, 0.717) is 43.5 Å². The topological polar surface area (TPSA) is 68.7 Å².